The molecular weight excluding hydrogens is 176 g/mol. The highest BCUT2D eigenvalue weighted by Crippen LogP contribution is 2.11. The smallest absolute Gasteiger partial charge is 0.164 e. The van der Waals surface area contributed by atoms with Crippen LogP contribution in [0.25, 0.3) is 5.69 Å². The van der Waals surface area contributed by atoms with Gasteiger partial charge in [0.2, 0.25) is 0 Å². The van der Waals surface area contributed by atoms with E-state index in [9.17, 15) is 0 Å². The minimum atomic E-state index is 0.374. The molecule has 0 fully saturated rings. The fraction of sp³-hybridized carbons (Fsp3) is 0.200. The second kappa shape index (κ2) is 3.59. The van der Waals surface area contributed by atoms with Crippen LogP contribution in [0.5, 0.6) is 0 Å². The maximum Gasteiger partial charge on any atom is 0.164 e. The summed E-state index contributed by atoms with van der Waals surface area (Å²) in [7, 11) is 0. The van der Waals surface area contributed by atoms with Gasteiger partial charge >= 0.3 is 0 Å². The highest BCUT2D eigenvalue weighted by Gasteiger charge is 2.02. The third kappa shape index (κ3) is 1.52. The molecule has 0 spiro atoms. The molecule has 0 unspecified atom stereocenters. The van der Waals surface area contributed by atoms with E-state index in [1.54, 1.807) is 11.0 Å². The van der Waals surface area contributed by atoms with Gasteiger partial charge in [-0.25, -0.2) is 9.67 Å². The zero-order chi connectivity index (χ0) is 9.97. The first-order valence-corrected chi connectivity index (χ1v) is 4.48. The predicted molar refractivity (Wildman–Crippen MR) is 54.0 cm³/mol. The Morgan fingerprint density at radius 1 is 1.36 bits per heavy atom. The van der Waals surface area contributed by atoms with Gasteiger partial charge < -0.3 is 5.73 Å². The monoisotopic (exact) mass is 188 g/mol. The van der Waals surface area contributed by atoms with E-state index in [-0.39, 0.29) is 0 Å². The Kier molecular flexibility index (Phi) is 2.28. The standard InChI is InChI=1S/C10H12N4/c1-8-4-2-3-5-9(8)14-7-12-10(6-11)13-14/h2-5,7H,6,11H2,1H3. The Bertz CT molecular complexity index is 433. The summed E-state index contributed by atoms with van der Waals surface area (Å²) >= 11 is 0. The number of aromatic nitrogens is 3. The lowest BCUT2D eigenvalue weighted by Crippen LogP contribution is -2.01. The molecule has 1 heterocycles. The van der Waals surface area contributed by atoms with Crippen molar-refractivity contribution < 1.29 is 0 Å². The molecule has 0 bridgehead atoms. The van der Waals surface area contributed by atoms with E-state index in [0.29, 0.717) is 12.4 Å². The van der Waals surface area contributed by atoms with Crippen molar-refractivity contribution in [2.45, 2.75) is 13.5 Å². The predicted octanol–water partition coefficient (Wildman–Crippen LogP) is 1.03. The fourth-order valence-electron chi connectivity index (χ4n) is 1.33. The molecule has 4 heteroatoms. The Morgan fingerprint density at radius 3 is 2.79 bits per heavy atom. The van der Waals surface area contributed by atoms with Crippen molar-refractivity contribution in [2.75, 3.05) is 0 Å². The van der Waals surface area contributed by atoms with E-state index < -0.39 is 0 Å². The lowest BCUT2D eigenvalue weighted by atomic mass is 10.2. The number of rotatable bonds is 2. The SMILES string of the molecule is Cc1ccccc1-n1cnc(CN)n1. The first-order valence-electron chi connectivity index (χ1n) is 4.48. The van der Waals surface area contributed by atoms with Crippen molar-refractivity contribution in [3.8, 4) is 5.69 Å². The summed E-state index contributed by atoms with van der Waals surface area (Å²) in [5.74, 6) is 0.660. The Balaban J connectivity index is 2.44. The summed E-state index contributed by atoms with van der Waals surface area (Å²) in [5.41, 5.74) is 7.65. The van der Waals surface area contributed by atoms with Crippen molar-refractivity contribution in [2.24, 2.45) is 5.73 Å². The van der Waals surface area contributed by atoms with Crippen LogP contribution in [0, 0.1) is 6.92 Å². The molecule has 1 aromatic carbocycles. The topological polar surface area (TPSA) is 56.7 Å². The van der Waals surface area contributed by atoms with Crippen molar-refractivity contribution >= 4 is 0 Å². The van der Waals surface area contributed by atoms with Gasteiger partial charge in [0.15, 0.2) is 5.82 Å². The Labute approximate surface area is 82.4 Å². The third-order valence-corrected chi connectivity index (χ3v) is 2.08. The van der Waals surface area contributed by atoms with E-state index in [1.165, 1.54) is 5.56 Å². The van der Waals surface area contributed by atoms with Crippen molar-refractivity contribution in [1.29, 1.82) is 0 Å². The Hall–Kier alpha value is -1.68. The third-order valence-electron chi connectivity index (χ3n) is 2.08. The molecule has 2 aromatic rings. The molecule has 0 saturated heterocycles. The lowest BCUT2D eigenvalue weighted by molar-refractivity contribution is 0.826. The van der Waals surface area contributed by atoms with E-state index in [1.807, 2.05) is 31.2 Å². The van der Waals surface area contributed by atoms with Crippen LogP contribution in [0.2, 0.25) is 0 Å². The van der Waals surface area contributed by atoms with Gasteiger partial charge in [0, 0.05) is 0 Å². The van der Waals surface area contributed by atoms with Crippen LogP contribution in [-0.4, -0.2) is 14.8 Å². The lowest BCUT2D eigenvalue weighted by Gasteiger charge is -2.03. The number of hydrogen-bond donors (Lipinski definition) is 1. The van der Waals surface area contributed by atoms with Gasteiger partial charge in [0.25, 0.3) is 0 Å². The normalized spacial score (nSPS) is 10.4. The van der Waals surface area contributed by atoms with Gasteiger partial charge in [-0.15, -0.1) is 5.10 Å². The molecule has 0 amide bonds. The van der Waals surface area contributed by atoms with Gasteiger partial charge in [-0.05, 0) is 18.6 Å². The summed E-state index contributed by atoms with van der Waals surface area (Å²) in [4.78, 5) is 4.08. The second-order valence-corrected chi connectivity index (χ2v) is 3.10. The molecule has 2 rings (SSSR count). The molecule has 1 aromatic heterocycles. The van der Waals surface area contributed by atoms with Crippen LogP contribution >= 0.6 is 0 Å². The van der Waals surface area contributed by atoms with Gasteiger partial charge in [0.05, 0.1) is 12.2 Å². The molecule has 0 aliphatic rings. The number of hydrogen-bond acceptors (Lipinski definition) is 3. The molecule has 0 saturated carbocycles. The number of benzene rings is 1. The highest BCUT2D eigenvalue weighted by molar-refractivity contribution is 5.38. The molecule has 14 heavy (non-hydrogen) atoms. The van der Waals surface area contributed by atoms with E-state index >= 15 is 0 Å². The van der Waals surface area contributed by atoms with Gasteiger partial charge in [-0.3, -0.25) is 0 Å². The van der Waals surface area contributed by atoms with Gasteiger partial charge in [-0.1, -0.05) is 18.2 Å². The van der Waals surface area contributed by atoms with E-state index in [2.05, 4.69) is 10.1 Å². The maximum absolute atomic E-state index is 5.44. The van der Waals surface area contributed by atoms with Crippen LogP contribution in [0.3, 0.4) is 0 Å². The van der Waals surface area contributed by atoms with Crippen LogP contribution in [0.15, 0.2) is 30.6 Å². The van der Waals surface area contributed by atoms with Crippen LogP contribution in [-0.2, 0) is 6.54 Å². The fourth-order valence-corrected chi connectivity index (χ4v) is 1.33. The first kappa shape index (κ1) is 8.90. The van der Waals surface area contributed by atoms with E-state index in [0.717, 1.165) is 5.69 Å². The zero-order valence-electron chi connectivity index (χ0n) is 8.01. The Morgan fingerprint density at radius 2 is 2.14 bits per heavy atom. The van der Waals surface area contributed by atoms with Crippen LogP contribution in [0.4, 0.5) is 0 Å². The minimum absolute atomic E-state index is 0.374. The molecular formula is C10H12N4. The summed E-state index contributed by atoms with van der Waals surface area (Å²) < 4.78 is 1.75. The maximum atomic E-state index is 5.44. The number of para-hydroxylation sites is 1. The molecule has 2 N–H and O–H groups in total. The van der Waals surface area contributed by atoms with Crippen molar-refractivity contribution in [3.63, 3.8) is 0 Å². The average Bonchev–Trinajstić information content (AvgIpc) is 2.67. The molecule has 0 aliphatic heterocycles. The van der Waals surface area contributed by atoms with E-state index in [4.69, 9.17) is 5.73 Å². The quantitative estimate of drug-likeness (QED) is 0.766. The minimum Gasteiger partial charge on any atom is -0.324 e. The highest BCUT2D eigenvalue weighted by atomic mass is 15.3. The van der Waals surface area contributed by atoms with Crippen LogP contribution in [0.1, 0.15) is 11.4 Å². The molecule has 4 nitrogen and oxygen atoms in total. The molecule has 72 valence electrons. The number of nitrogens with zero attached hydrogens (tertiary/aromatic N) is 3. The summed E-state index contributed by atoms with van der Waals surface area (Å²) in [6.45, 7) is 2.41. The van der Waals surface area contributed by atoms with Gasteiger partial charge in [0.1, 0.15) is 6.33 Å². The summed E-state index contributed by atoms with van der Waals surface area (Å²) in [6.07, 6.45) is 1.69. The van der Waals surface area contributed by atoms with Gasteiger partial charge in [-0.2, -0.15) is 0 Å². The molecule has 0 radical (unpaired) electrons. The average molecular weight is 188 g/mol. The summed E-state index contributed by atoms with van der Waals surface area (Å²) in [5, 5.41) is 4.24. The zero-order valence-corrected chi connectivity index (χ0v) is 8.01. The van der Waals surface area contributed by atoms with Crippen LogP contribution < -0.4 is 5.73 Å². The molecule has 0 aliphatic carbocycles. The summed E-state index contributed by atoms with van der Waals surface area (Å²) in [6, 6.07) is 8.02. The van der Waals surface area contributed by atoms with Crippen molar-refractivity contribution in [3.05, 3.63) is 42.0 Å². The van der Waals surface area contributed by atoms with Crippen molar-refractivity contribution in [1.82, 2.24) is 14.8 Å². The number of aryl methyl sites for hydroxylation is 1. The largest absolute Gasteiger partial charge is 0.324 e. The second-order valence-electron chi connectivity index (χ2n) is 3.10. The number of nitrogens with two attached hydrogens (primary N) is 1. The first-order chi connectivity index (χ1) is 6.81. The molecule has 0 atom stereocenters.